The van der Waals surface area contributed by atoms with Crippen molar-refractivity contribution < 1.29 is 17.6 Å². The second-order valence-corrected chi connectivity index (χ2v) is 7.99. The molecule has 2 aromatic heterocycles. The fourth-order valence-corrected chi connectivity index (χ4v) is 3.87. The van der Waals surface area contributed by atoms with Gasteiger partial charge in [0.05, 0.1) is 16.3 Å². The molecule has 0 saturated heterocycles. The number of benzene rings is 1. The summed E-state index contributed by atoms with van der Waals surface area (Å²) in [6.45, 7) is 1.45. The second-order valence-electron chi connectivity index (χ2n) is 5.27. The third-order valence-electron chi connectivity index (χ3n) is 3.35. The smallest absolute Gasteiger partial charge is 0.240 e. The fourth-order valence-electron chi connectivity index (χ4n) is 2.19. The lowest BCUT2D eigenvalue weighted by Gasteiger charge is -2.07. The van der Waals surface area contributed by atoms with Gasteiger partial charge in [-0.25, -0.2) is 13.1 Å². The zero-order chi connectivity index (χ0) is 17.9. The Morgan fingerprint density at radius 3 is 2.52 bits per heavy atom. The summed E-state index contributed by atoms with van der Waals surface area (Å²) in [5, 5.41) is 4.54. The van der Waals surface area contributed by atoms with Crippen molar-refractivity contribution in [2.45, 2.75) is 18.4 Å². The maximum atomic E-state index is 12.3. The highest BCUT2D eigenvalue weighted by Gasteiger charge is 2.15. The summed E-state index contributed by atoms with van der Waals surface area (Å²) < 4.78 is 32.8. The lowest BCUT2D eigenvalue weighted by atomic mass is 10.3. The van der Waals surface area contributed by atoms with Crippen LogP contribution in [0, 0.1) is 0 Å². The van der Waals surface area contributed by atoms with Gasteiger partial charge in [0.2, 0.25) is 15.9 Å². The SMILES string of the molecule is CC(=O)Nc1ccc(S(=O)(=O)NCc2ccc(-c3cccs3)o2)cc1. The Hall–Kier alpha value is -2.42. The van der Waals surface area contributed by atoms with Gasteiger partial charge in [-0.1, -0.05) is 6.07 Å². The van der Waals surface area contributed by atoms with E-state index in [0.29, 0.717) is 17.2 Å². The molecule has 0 unspecified atom stereocenters. The van der Waals surface area contributed by atoms with E-state index in [1.807, 2.05) is 23.6 Å². The molecule has 0 fully saturated rings. The van der Waals surface area contributed by atoms with Gasteiger partial charge in [0.1, 0.15) is 11.5 Å². The van der Waals surface area contributed by atoms with Crippen LogP contribution in [0.1, 0.15) is 12.7 Å². The van der Waals surface area contributed by atoms with Crippen LogP contribution in [0.5, 0.6) is 0 Å². The number of furan rings is 1. The van der Waals surface area contributed by atoms with Gasteiger partial charge in [0.25, 0.3) is 0 Å². The predicted molar refractivity (Wildman–Crippen MR) is 96.8 cm³/mol. The van der Waals surface area contributed by atoms with Gasteiger partial charge in [-0.3, -0.25) is 4.79 Å². The van der Waals surface area contributed by atoms with Crippen LogP contribution in [0.2, 0.25) is 0 Å². The molecule has 0 aliphatic rings. The van der Waals surface area contributed by atoms with Crippen LogP contribution in [0.4, 0.5) is 5.69 Å². The second kappa shape index (κ2) is 7.22. The number of rotatable bonds is 6. The molecule has 0 atom stereocenters. The number of thiophene rings is 1. The molecule has 0 radical (unpaired) electrons. The minimum atomic E-state index is -3.67. The van der Waals surface area contributed by atoms with Crippen molar-refractivity contribution in [3.05, 3.63) is 59.7 Å². The first-order valence-corrected chi connectivity index (χ1v) is 9.80. The van der Waals surface area contributed by atoms with Crippen molar-refractivity contribution in [1.29, 1.82) is 0 Å². The molecule has 8 heteroatoms. The van der Waals surface area contributed by atoms with Crippen LogP contribution in [0.25, 0.3) is 10.6 Å². The number of amides is 1. The number of carbonyl (C=O) groups is 1. The van der Waals surface area contributed by atoms with E-state index in [-0.39, 0.29) is 17.3 Å². The number of carbonyl (C=O) groups excluding carboxylic acids is 1. The lowest BCUT2D eigenvalue weighted by Crippen LogP contribution is -2.23. The summed E-state index contributed by atoms with van der Waals surface area (Å²) in [5.74, 6) is 1.03. The third-order valence-corrected chi connectivity index (χ3v) is 5.65. The van der Waals surface area contributed by atoms with Gasteiger partial charge in [-0.15, -0.1) is 11.3 Å². The zero-order valence-electron chi connectivity index (χ0n) is 13.4. The van der Waals surface area contributed by atoms with Crippen molar-refractivity contribution in [3.8, 4) is 10.6 Å². The summed E-state index contributed by atoms with van der Waals surface area (Å²) in [4.78, 5) is 12.1. The van der Waals surface area contributed by atoms with Crippen LogP contribution in [0.3, 0.4) is 0 Å². The van der Waals surface area contributed by atoms with Crippen molar-refractivity contribution in [2.24, 2.45) is 0 Å². The molecule has 0 saturated carbocycles. The summed E-state index contributed by atoms with van der Waals surface area (Å²) in [5.41, 5.74) is 0.540. The molecule has 2 N–H and O–H groups in total. The molecule has 3 rings (SSSR count). The minimum absolute atomic E-state index is 0.0567. The first kappa shape index (κ1) is 17.4. The fraction of sp³-hybridized carbons (Fsp3) is 0.118. The van der Waals surface area contributed by atoms with Gasteiger partial charge in [-0.05, 0) is 47.8 Å². The highest BCUT2D eigenvalue weighted by Crippen LogP contribution is 2.26. The maximum Gasteiger partial charge on any atom is 0.240 e. The summed E-state index contributed by atoms with van der Waals surface area (Å²) in [6, 6.07) is 13.4. The van der Waals surface area contributed by atoms with Crippen LogP contribution >= 0.6 is 11.3 Å². The van der Waals surface area contributed by atoms with Crippen LogP contribution in [-0.2, 0) is 21.4 Å². The van der Waals surface area contributed by atoms with E-state index in [2.05, 4.69) is 10.0 Å². The van der Waals surface area contributed by atoms with E-state index in [9.17, 15) is 13.2 Å². The Labute approximate surface area is 149 Å². The quantitative estimate of drug-likeness (QED) is 0.690. The Balaban J connectivity index is 1.66. The molecule has 1 amide bonds. The Morgan fingerprint density at radius 2 is 1.88 bits per heavy atom. The molecule has 0 aliphatic heterocycles. The van der Waals surface area contributed by atoms with Crippen LogP contribution < -0.4 is 10.0 Å². The normalized spacial score (nSPS) is 11.4. The van der Waals surface area contributed by atoms with E-state index in [1.54, 1.807) is 17.4 Å². The average Bonchev–Trinajstić information content (AvgIpc) is 3.24. The Bertz CT molecular complexity index is 959. The van der Waals surface area contributed by atoms with Gasteiger partial charge in [-0.2, -0.15) is 0 Å². The Kier molecular flexibility index (Phi) is 5.03. The van der Waals surface area contributed by atoms with E-state index >= 15 is 0 Å². The molecule has 0 bridgehead atoms. The zero-order valence-corrected chi connectivity index (χ0v) is 15.0. The molecule has 1 aromatic carbocycles. The number of hydrogen-bond donors (Lipinski definition) is 2. The van der Waals surface area contributed by atoms with Crippen molar-refractivity contribution in [2.75, 3.05) is 5.32 Å². The highest BCUT2D eigenvalue weighted by atomic mass is 32.2. The highest BCUT2D eigenvalue weighted by molar-refractivity contribution is 7.89. The first-order chi connectivity index (χ1) is 11.9. The first-order valence-electron chi connectivity index (χ1n) is 7.44. The molecule has 3 aromatic rings. The van der Waals surface area contributed by atoms with Crippen LogP contribution in [0.15, 0.2) is 63.2 Å². The lowest BCUT2D eigenvalue weighted by molar-refractivity contribution is -0.114. The average molecular weight is 376 g/mol. The molecule has 130 valence electrons. The van der Waals surface area contributed by atoms with Gasteiger partial charge >= 0.3 is 0 Å². The summed E-state index contributed by atoms with van der Waals surface area (Å²) in [6.07, 6.45) is 0. The van der Waals surface area contributed by atoms with Crippen molar-refractivity contribution in [3.63, 3.8) is 0 Å². The minimum Gasteiger partial charge on any atom is -0.459 e. The molecule has 2 heterocycles. The van der Waals surface area contributed by atoms with Crippen LogP contribution in [-0.4, -0.2) is 14.3 Å². The van der Waals surface area contributed by atoms with Gasteiger partial charge in [0, 0.05) is 12.6 Å². The topological polar surface area (TPSA) is 88.4 Å². The number of anilines is 1. The van der Waals surface area contributed by atoms with E-state index in [0.717, 1.165) is 4.88 Å². The molecule has 0 spiro atoms. The van der Waals surface area contributed by atoms with E-state index < -0.39 is 10.0 Å². The molecular weight excluding hydrogens is 360 g/mol. The van der Waals surface area contributed by atoms with E-state index in [1.165, 1.54) is 31.2 Å². The molecule has 6 nitrogen and oxygen atoms in total. The van der Waals surface area contributed by atoms with Crippen molar-refractivity contribution in [1.82, 2.24) is 4.72 Å². The third kappa shape index (κ3) is 4.36. The number of nitrogens with one attached hydrogen (secondary N) is 2. The standard InChI is InChI=1S/C17H16N2O4S2/c1-12(20)19-13-4-7-15(8-5-13)25(21,22)18-11-14-6-9-16(23-14)17-3-2-10-24-17/h2-10,18H,11H2,1H3,(H,19,20). The summed E-state index contributed by atoms with van der Waals surface area (Å²) in [7, 11) is -3.67. The number of sulfonamides is 1. The largest absolute Gasteiger partial charge is 0.459 e. The van der Waals surface area contributed by atoms with E-state index in [4.69, 9.17) is 4.42 Å². The predicted octanol–water partition coefficient (Wildman–Crippen LogP) is 3.45. The monoisotopic (exact) mass is 376 g/mol. The maximum absolute atomic E-state index is 12.3. The molecule has 0 aliphatic carbocycles. The Morgan fingerprint density at radius 1 is 1.12 bits per heavy atom. The van der Waals surface area contributed by atoms with Crippen molar-refractivity contribution >= 4 is 33.0 Å². The van der Waals surface area contributed by atoms with Gasteiger partial charge < -0.3 is 9.73 Å². The molecule has 25 heavy (non-hydrogen) atoms. The molecular formula is C17H16N2O4S2. The number of hydrogen-bond acceptors (Lipinski definition) is 5. The van der Waals surface area contributed by atoms with Gasteiger partial charge in [0.15, 0.2) is 0 Å². The summed E-state index contributed by atoms with van der Waals surface area (Å²) >= 11 is 1.55.